The molecule has 1 rings (SSSR count). The molecule has 0 saturated carbocycles. The van der Waals surface area contributed by atoms with Crippen LogP contribution >= 0.6 is 11.8 Å². The fraction of sp³-hybridized carbons (Fsp3) is 0.923. The first-order valence-corrected chi connectivity index (χ1v) is 10.9. The van der Waals surface area contributed by atoms with E-state index in [9.17, 15) is 9.90 Å². The van der Waals surface area contributed by atoms with E-state index in [0.717, 1.165) is 24.6 Å². The van der Waals surface area contributed by atoms with Crippen LogP contribution in [0, 0.1) is 0 Å². The van der Waals surface area contributed by atoms with Crippen LogP contribution in [0.1, 0.15) is 20.8 Å². The van der Waals surface area contributed by atoms with Gasteiger partial charge in [-0.3, -0.25) is 9.69 Å². The van der Waals surface area contributed by atoms with Gasteiger partial charge in [0.25, 0.3) is 0 Å². The first-order valence-electron chi connectivity index (χ1n) is 6.84. The second-order valence-electron chi connectivity index (χ2n) is 6.57. The molecule has 0 aromatic rings. The van der Waals surface area contributed by atoms with Gasteiger partial charge in [-0.2, -0.15) is 11.8 Å². The molecule has 1 heterocycles. The highest BCUT2D eigenvalue weighted by Gasteiger charge is 2.39. The van der Waals surface area contributed by atoms with Gasteiger partial charge in [0.1, 0.15) is 6.04 Å². The van der Waals surface area contributed by atoms with E-state index in [1.54, 1.807) is 0 Å². The monoisotopic (exact) mass is 305 g/mol. The van der Waals surface area contributed by atoms with Crippen LogP contribution in [0.25, 0.3) is 0 Å². The van der Waals surface area contributed by atoms with E-state index in [4.69, 9.17) is 4.43 Å². The summed E-state index contributed by atoms with van der Waals surface area (Å²) in [6, 6.07) is -0.491. The van der Waals surface area contributed by atoms with Crippen molar-refractivity contribution in [1.29, 1.82) is 0 Å². The SMILES string of the molecule is CC(C)(C)[Si](C)(C)OC[C@@H](C(=O)O)N1CCSCC1. The standard InChI is InChI=1S/C13H27NO3SSi/c1-13(2,3)19(4,5)17-10-11(12(15)16)14-6-8-18-9-7-14/h11H,6-10H2,1-5H3,(H,15,16)/t11-/m0/s1. The zero-order chi connectivity index (χ0) is 14.7. The van der Waals surface area contributed by atoms with E-state index in [2.05, 4.69) is 33.9 Å². The molecule has 1 saturated heterocycles. The summed E-state index contributed by atoms with van der Waals surface area (Å²) in [5.74, 6) is 1.28. The topological polar surface area (TPSA) is 49.8 Å². The average molecular weight is 306 g/mol. The van der Waals surface area contributed by atoms with E-state index in [1.165, 1.54) is 0 Å². The van der Waals surface area contributed by atoms with Gasteiger partial charge in [-0.05, 0) is 18.1 Å². The van der Waals surface area contributed by atoms with Gasteiger partial charge in [-0.25, -0.2) is 0 Å². The van der Waals surface area contributed by atoms with Crippen molar-refractivity contribution in [2.75, 3.05) is 31.2 Å². The molecule has 0 spiro atoms. The first-order chi connectivity index (χ1) is 8.65. The summed E-state index contributed by atoms with van der Waals surface area (Å²) in [6.45, 7) is 12.9. The van der Waals surface area contributed by atoms with Crippen LogP contribution in [0.3, 0.4) is 0 Å². The van der Waals surface area contributed by atoms with Crippen molar-refractivity contribution >= 4 is 26.0 Å². The molecular formula is C13H27NO3SSi. The molecule has 4 nitrogen and oxygen atoms in total. The Morgan fingerprint density at radius 1 is 1.37 bits per heavy atom. The van der Waals surface area contributed by atoms with Crippen LogP contribution in [0.5, 0.6) is 0 Å². The molecule has 0 bridgehead atoms. The Bertz CT molecular complexity index is 312. The third kappa shape index (κ3) is 4.77. The fourth-order valence-electron chi connectivity index (χ4n) is 1.73. The summed E-state index contributed by atoms with van der Waals surface area (Å²) in [6.07, 6.45) is 0. The molecule has 19 heavy (non-hydrogen) atoms. The van der Waals surface area contributed by atoms with Crippen LogP contribution in [-0.4, -0.2) is 61.5 Å². The average Bonchev–Trinajstić information content (AvgIpc) is 2.28. The van der Waals surface area contributed by atoms with Crippen molar-refractivity contribution in [3.63, 3.8) is 0 Å². The van der Waals surface area contributed by atoms with Gasteiger partial charge in [0, 0.05) is 24.6 Å². The lowest BCUT2D eigenvalue weighted by Crippen LogP contribution is -2.51. The summed E-state index contributed by atoms with van der Waals surface area (Å²) >= 11 is 1.89. The second-order valence-corrected chi connectivity index (χ2v) is 12.6. The molecule has 1 aliphatic heterocycles. The van der Waals surface area contributed by atoms with Crippen molar-refractivity contribution in [3.8, 4) is 0 Å². The zero-order valence-electron chi connectivity index (χ0n) is 12.7. The number of carbonyl (C=O) groups is 1. The minimum Gasteiger partial charge on any atom is -0.480 e. The van der Waals surface area contributed by atoms with Crippen LogP contribution < -0.4 is 0 Å². The molecular weight excluding hydrogens is 278 g/mol. The third-order valence-corrected chi connectivity index (χ3v) is 9.62. The van der Waals surface area contributed by atoms with E-state index >= 15 is 0 Å². The molecule has 0 aromatic heterocycles. The minimum atomic E-state index is -1.87. The maximum Gasteiger partial charge on any atom is 0.323 e. The smallest absolute Gasteiger partial charge is 0.323 e. The molecule has 1 atom stereocenters. The highest BCUT2D eigenvalue weighted by molar-refractivity contribution is 7.99. The van der Waals surface area contributed by atoms with Gasteiger partial charge in [-0.15, -0.1) is 0 Å². The van der Waals surface area contributed by atoms with Gasteiger partial charge in [0.05, 0.1) is 6.61 Å². The predicted octanol–water partition coefficient (Wildman–Crippen LogP) is 2.51. The Kier molecular flexibility index (Phi) is 5.91. The molecule has 0 aromatic carbocycles. The van der Waals surface area contributed by atoms with E-state index in [1.807, 2.05) is 16.7 Å². The summed E-state index contributed by atoms with van der Waals surface area (Å²) in [4.78, 5) is 13.5. The van der Waals surface area contributed by atoms with Gasteiger partial charge in [-0.1, -0.05) is 20.8 Å². The Hall–Kier alpha value is -0.0431. The molecule has 1 fully saturated rings. The number of carboxylic acids is 1. The van der Waals surface area contributed by atoms with Gasteiger partial charge in [0.15, 0.2) is 8.32 Å². The van der Waals surface area contributed by atoms with Crippen molar-refractivity contribution in [1.82, 2.24) is 4.90 Å². The normalized spacial score (nSPS) is 20.3. The first kappa shape index (κ1) is 17.0. The lowest BCUT2D eigenvalue weighted by Gasteiger charge is -2.39. The van der Waals surface area contributed by atoms with Crippen molar-refractivity contribution in [2.24, 2.45) is 0 Å². The molecule has 6 heteroatoms. The van der Waals surface area contributed by atoms with Crippen LogP contribution in [-0.2, 0) is 9.22 Å². The highest BCUT2D eigenvalue weighted by Crippen LogP contribution is 2.36. The van der Waals surface area contributed by atoms with E-state index in [0.29, 0.717) is 6.61 Å². The number of nitrogens with zero attached hydrogens (tertiary/aromatic N) is 1. The van der Waals surface area contributed by atoms with Crippen LogP contribution in [0.15, 0.2) is 0 Å². The molecule has 0 aliphatic carbocycles. The Morgan fingerprint density at radius 2 is 1.89 bits per heavy atom. The number of hydrogen-bond acceptors (Lipinski definition) is 4. The summed E-state index contributed by atoms with van der Waals surface area (Å²) in [7, 11) is -1.87. The summed E-state index contributed by atoms with van der Waals surface area (Å²) in [5.41, 5.74) is 0. The number of rotatable bonds is 5. The largest absolute Gasteiger partial charge is 0.480 e. The number of carboxylic acid groups (broad SMARTS) is 1. The fourth-order valence-corrected chi connectivity index (χ4v) is 3.66. The Balaban J connectivity index is 2.62. The second kappa shape index (κ2) is 6.61. The van der Waals surface area contributed by atoms with Crippen LogP contribution in [0.2, 0.25) is 18.1 Å². The number of thioether (sulfide) groups is 1. The maximum atomic E-state index is 11.5. The zero-order valence-corrected chi connectivity index (χ0v) is 14.5. The molecule has 1 aliphatic rings. The predicted molar refractivity (Wildman–Crippen MR) is 83.5 cm³/mol. The van der Waals surface area contributed by atoms with E-state index in [-0.39, 0.29) is 5.04 Å². The number of aliphatic carboxylic acids is 1. The minimum absolute atomic E-state index is 0.119. The lowest BCUT2D eigenvalue weighted by molar-refractivity contribution is -0.144. The molecule has 112 valence electrons. The Labute approximate surface area is 122 Å². The molecule has 0 unspecified atom stereocenters. The quantitative estimate of drug-likeness (QED) is 0.791. The van der Waals surface area contributed by atoms with Crippen LogP contribution in [0.4, 0.5) is 0 Å². The lowest BCUT2D eigenvalue weighted by atomic mass is 10.2. The summed E-state index contributed by atoms with van der Waals surface area (Å²) < 4.78 is 6.08. The number of hydrogen-bond donors (Lipinski definition) is 1. The van der Waals surface area contributed by atoms with Crippen molar-refractivity contribution < 1.29 is 14.3 Å². The van der Waals surface area contributed by atoms with Crippen molar-refractivity contribution in [2.45, 2.75) is 44.9 Å². The van der Waals surface area contributed by atoms with E-state index < -0.39 is 20.3 Å². The third-order valence-electron chi connectivity index (χ3n) is 4.18. The van der Waals surface area contributed by atoms with Gasteiger partial charge in [0.2, 0.25) is 0 Å². The molecule has 0 amide bonds. The Morgan fingerprint density at radius 3 is 2.32 bits per heavy atom. The molecule has 1 N–H and O–H groups in total. The summed E-state index contributed by atoms with van der Waals surface area (Å²) in [5, 5.41) is 9.53. The van der Waals surface area contributed by atoms with Crippen molar-refractivity contribution in [3.05, 3.63) is 0 Å². The van der Waals surface area contributed by atoms with Gasteiger partial charge < -0.3 is 9.53 Å². The van der Waals surface area contributed by atoms with Gasteiger partial charge >= 0.3 is 5.97 Å². The maximum absolute atomic E-state index is 11.5. The molecule has 0 radical (unpaired) electrons. The highest BCUT2D eigenvalue weighted by atomic mass is 32.2.